The van der Waals surface area contributed by atoms with Gasteiger partial charge in [0, 0.05) is 35.6 Å². The van der Waals surface area contributed by atoms with Crippen molar-refractivity contribution < 1.29 is 4.79 Å². The monoisotopic (exact) mass is 342 g/mol. The van der Waals surface area contributed by atoms with E-state index in [2.05, 4.69) is 39.9 Å². The Labute approximate surface area is 145 Å². The van der Waals surface area contributed by atoms with Crippen molar-refractivity contribution in [1.82, 2.24) is 19.8 Å². The van der Waals surface area contributed by atoms with Gasteiger partial charge < -0.3 is 14.8 Å². The number of amides is 1. The smallest absolute Gasteiger partial charge is 0.253 e. The molecule has 0 aliphatic carbocycles. The number of hydrogen-bond donors (Lipinski definition) is 1. The van der Waals surface area contributed by atoms with Gasteiger partial charge in [-0.2, -0.15) is 0 Å². The van der Waals surface area contributed by atoms with Crippen molar-refractivity contribution in [2.24, 2.45) is 0 Å². The lowest BCUT2D eigenvalue weighted by Gasteiger charge is -2.10. The van der Waals surface area contributed by atoms with Crippen molar-refractivity contribution in [2.75, 3.05) is 20.6 Å². The van der Waals surface area contributed by atoms with E-state index in [0.29, 0.717) is 6.54 Å². The maximum Gasteiger partial charge on any atom is 0.253 e. The molecule has 5 nitrogen and oxygen atoms in total. The van der Waals surface area contributed by atoms with Gasteiger partial charge in [0.15, 0.2) is 0 Å². The van der Waals surface area contributed by atoms with Crippen LogP contribution in [0.1, 0.15) is 21.1 Å². The van der Waals surface area contributed by atoms with Crippen LogP contribution in [-0.4, -0.2) is 41.0 Å². The van der Waals surface area contributed by atoms with Crippen LogP contribution >= 0.6 is 11.3 Å². The van der Waals surface area contributed by atoms with Gasteiger partial charge in [0.25, 0.3) is 5.91 Å². The number of aromatic nitrogens is 2. The second-order valence-corrected chi connectivity index (χ2v) is 7.16. The SMILES string of the molecule is Cc1nc(CNC(=O)c2cn(CCN(C)C)c3ccccc23)cs1. The molecule has 1 aromatic carbocycles. The minimum absolute atomic E-state index is 0.0551. The third-order valence-corrected chi connectivity index (χ3v) is 4.74. The fourth-order valence-electron chi connectivity index (χ4n) is 2.68. The minimum atomic E-state index is -0.0551. The molecule has 2 heterocycles. The first-order valence-electron chi connectivity index (χ1n) is 7.96. The van der Waals surface area contributed by atoms with Crippen LogP contribution in [0.4, 0.5) is 0 Å². The van der Waals surface area contributed by atoms with E-state index in [4.69, 9.17) is 0 Å². The summed E-state index contributed by atoms with van der Waals surface area (Å²) in [6, 6.07) is 8.04. The maximum atomic E-state index is 12.6. The second kappa shape index (κ2) is 7.15. The van der Waals surface area contributed by atoms with Gasteiger partial charge in [0.2, 0.25) is 0 Å². The third kappa shape index (κ3) is 3.66. The average Bonchev–Trinajstić information content (AvgIpc) is 3.14. The number of nitrogens with one attached hydrogen (secondary N) is 1. The fraction of sp³-hybridized carbons (Fsp3) is 0.333. The van der Waals surface area contributed by atoms with Crippen molar-refractivity contribution >= 4 is 28.1 Å². The predicted molar refractivity (Wildman–Crippen MR) is 98.5 cm³/mol. The molecular weight excluding hydrogens is 320 g/mol. The molecule has 6 heteroatoms. The van der Waals surface area contributed by atoms with E-state index >= 15 is 0 Å². The molecule has 2 aromatic heterocycles. The van der Waals surface area contributed by atoms with Crippen LogP contribution < -0.4 is 5.32 Å². The summed E-state index contributed by atoms with van der Waals surface area (Å²) < 4.78 is 2.15. The highest BCUT2D eigenvalue weighted by Crippen LogP contribution is 2.21. The van der Waals surface area contributed by atoms with Crippen LogP contribution in [-0.2, 0) is 13.1 Å². The van der Waals surface area contributed by atoms with Crippen molar-refractivity contribution in [2.45, 2.75) is 20.0 Å². The normalized spacial score (nSPS) is 11.3. The lowest BCUT2D eigenvalue weighted by atomic mass is 10.1. The number of nitrogens with zero attached hydrogens (tertiary/aromatic N) is 3. The molecule has 0 bridgehead atoms. The fourth-order valence-corrected chi connectivity index (χ4v) is 3.29. The zero-order chi connectivity index (χ0) is 17.1. The first kappa shape index (κ1) is 16.7. The molecule has 0 saturated heterocycles. The van der Waals surface area contributed by atoms with Crippen molar-refractivity contribution in [3.05, 3.63) is 52.1 Å². The van der Waals surface area contributed by atoms with E-state index in [1.807, 2.05) is 36.7 Å². The summed E-state index contributed by atoms with van der Waals surface area (Å²) in [5.74, 6) is -0.0551. The summed E-state index contributed by atoms with van der Waals surface area (Å²) in [4.78, 5) is 19.2. The highest BCUT2D eigenvalue weighted by molar-refractivity contribution is 7.09. The summed E-state index contributed by atoms with van der Waals surface area (Å²) in [7, 11) is 4.10. The Morgan fingerprint density at radius 2 is 2.12 bits per heavy atom. The van der Waals surface area contributed by atoms with Gasteiger partial charge in [0.05, 0.1) is 22.8 Å². The molecule has 0 saturated carbocycles. The molecule has 0 radical (unpaired) electrons. The minimum Gasteiger partial charge on any atom is -0.346 e. The summed E-state index contributed by atoms with van der Waals surface area (Å²) in [6.07, 6.45) is 1.95. The zero-order valence-corrected chi connectivity index (χ0v) is 15.1. The van der Waals surface area contributed by atoms with Crippen LogP contribution in [0, 0.1) is 6.92 Å². The van der Waals surface area contributed by atoms with E-state index in [9.17, 15) is 4.79 Å². The molecule has 0 aliphatic heterocycles. The molecule has 3 aromatic rings. The van der Waals surface area contributed by atoms with Gasteiger partial charge in [-0.05, 0) is 27.1 Å². The highest BCUT2D eigenvalue weighted by Gasteiger charge is 2.15. The molecule has 0 spiro atoms. The molecule has 0 unspecified atom stereocenters. The third-order valence-electron chi connectivity index (χ3n) is 3.92. The predicted octanol–water partition coefficient (Wildman–Crippen LogP) is 2.90. The molecule has 24 heavy (non-hydrogen) atoms. The van der Waals surface area contributed by atoms with Gasteiger partial charge >= 0.3 is 0 Å². The van der Waals surface area contributed by atoms with E-state index < -0.39 is 0 Å². The van der Waals surface area contributed by atoms with Crippen LogP contribution in [0.3, 0.4) is 0 Å². The molecular formula is C18H22N4OS. The summed E-state index contributed by atoms with van der Waals surface area (Å²) in [5.41, 5.74) is 2.72. The molecule has 0 fully saturated rings. The van der Waals surface area contributed by atoms with Gasteiger partial charge in [-0.1, -0.05) is 18.2 Å². The van der Waals surface area contributed by atoms with Crippen LogP contribution in [0.5, 0.6) is 0 Å². The number of para-hydroxylation sites is 1. The van der Waals surface area contributed by atoms with Crippen LogP contribution in [0.25, 0.3) is 10.9 Å². The molecule has 126 valence electrons. The number of carbonyl (C=O) groups excluding carboxylic acids is 1. The maximum absolute atomic E-state index is 12.6. The number of hydrogen-bond acceptors (Lipinski definition) is 4. The largest absolute Gasteiger partial charge is 0.346 e. The number of likely N-dealkylation sites (N-methyl/N-ethyl adjacent to an activating group) is 1. The first-order valence-corrected chi connectivity index (χ1v) is 8.84. The lowest BCUT2D eigenvalue weighted by Crippen LogP contribution is -2.23. The Bertz CT molecular complexity index is 850. The topological polar surface area (TPSA) is 50.2 Å². The number of fused-ring (bicyclic) bond motifs is 1. The van der Waals surface area contributed by atoms with Crippen molar-refractivity contribution in [1.29, 1.82) is 0 Å². The van der Waals surface area contributed by atoms with Crippen LogP contribution in [0.15, 0.2) is 35.8 Å². The summed E-state index contributed by atoms with van der Waals surface area (Å²) in [5, 5.41) is 6.97. The quantitative estimate of drug-likeness (QED) is 0.749. The molecule has 1 amide bonds. The number of aryl methyl sites for hydroxylation is 1. The van der Waals surface area contributed by atoms with E-state index in [1.165, 1.54) is 0 Å². The number of thiazole rings is 1. The van der Waals surface area contributed by atoms with E-state index in [0.717, 1.165) is 40.3 Å². The number of carbonyl (C=O) groups is 1. The Balaban J connectivity index is 1.81. The van der Waals surface area contributed by atoms with Gasteiger partial charge in [0.1, 0.15) is 0 Å². The standard InChI is InChI=1S/C18H22N4OS/c1-13-20-14(12-24-13)10-19-18(23)16-11-22(9-8-21(2)3)17-7-5-4-6-15(16)17/h4-7,11-12H,8-10H2,1-3H3,(H,19,23). The van der Waals surface area contributed by atoms with Crippen LogP contribution in [0.2, 0.25) is 0 Å². The Morgan fingerprint density at radius 3 is 2.83 bits per heavy atom. The second-order valence-electron chi connectivity index (χ2n) is 6.10. The molecule has 3 rings (SSSR count). The average molecular weight is 342 g/mol. The highest BCUT2D eigenvalue weighted by atomic mass is 32.1. The molecule has 1 N–H and O–H groups in total. The van der Waals surface area contributed by atoms with Crippen molar-refractivity contribution in [3.8, 4) is 0 Å². The lowest BCUT2D eigenvalue weighted by molar-refractivity contribution is 0.0952. The number of benzene rings is 1. The Morgan fingerprint density at radius 1 is 1.33 bits per heavy atom. The summed E-state index contributed by atoms with van der Waals surface area (Å²) >= 11 is 1.60. The van der Waals surface area contributed by atoms with Gasteiger partial charge in [-0.3, -0.25) is 4.79 Å². The van der Waals surface area contributed by atoms with Gasteiger partial charge in [-0.25, -0.2) is 4.98 Å². The summed E-state index contributed by atoms with van der Waals surface area (Å²) in [6.45, 7) is 4.21. The van der Waals surface area contributed by atoms with E-state index in [-0.39, 0.29) is 5.91 Å². The van der Waals surface area contributed by atoms with Crippen molar-refractivity contribution in [3.63, 3.8) is 0 Å². The zero-order valence-electron chi connectivity index (χ0n) is 14.2. The van der Waals surface area contributed by atoms with Gasteiger partial charge in [-0.15, -0.1) is 11.3 Å². The first-order chi connectivity index (χ1) is 11.5. The molecule has 0 atom stereocenters. The Hall–Kier alpha value is -2.18. The van der Waals surface area contributed by atoms with E-state index in [1.54, 1.807) is 11.3 Å². The molecule has 0 aliphatic rings. The Kier molecular flexibility index (Phi) is 4.97. The number of rotatable bonds is 6.